The van der Waals surface area contributed by atoms with Gasteiger partial charge in [-0.05, 0) is 39.1 Å². The minimum atomic E-state index is -0.179. The van der Waals surface area contributed by atoms with E-state index in [-0.39, 0.29) is 11.9 Å². The normalized spacial score (nSPS) is 12.8. The summed E-state index contributed by atoms with van der Waals surface area (Å²) in [6.45, 7) is 6.55. The molecule has 3 nitrogen and oxygen atoms in total. The molecule has 0 aromatic heterocycles. The van der Waals surface area contributed by atoms with Crippen LogP contribution in [0.15, 0.2) is 18.2 Å². The van der Waals surface area contributed by atoms with Gasteiger partial charge in [-0.25, -0.2) is 4.39 Å². The summed E-state index contributed by atoms with van der Waals surface area (Å²) < 4.78 is 14.2. The molecule has 0 fully saturated rings. The highest BCUT2D eigenvalue weighted by molar-refractivity contribution is 5.56. The van der Waals surface area contributed by atoms with E-state index in [1.807, 2.05) is 27.1 Å². The zero-order valence-electron chi connectivity index (χ0n) is 12.5. The Kier molecular flexibility index (Phi) is 6.25. The SMILES string of the molecule is CCCN(CCN(C)C)c1c(F)cccc1[C@@H](C)N. The molecule has 0 saturated heterocycles. The highest BCUT2D eigenvalue weighted by Crippen LogP contribution is 2.28. The van der Waals surface area contributed by atoms with Gasteiger partial charge in [0.2, 0.25) is 0 Å². The number of rotatable bonds is 7. The second-order valence-electron chi connectivity index (χ2n) is 5.26. The molecule has 0 aliphatic carbocycles. The summed E-state index contributed by atoms with van der Waals surface area (Å²) in [5.74, 6) is -0.179. The zero-order valence-corrected chi connectivity index (χ0v) is 12.5. The standard InChI is InChI=1S/C15H26FN3/c1-5-9-19(11-10-18(3)4)15-13(12(2)17)7-6-8-14(15)16/h6-8,12H,5,9-11,17H2,1-4H3/t12-/m1/s1. The smallest absolute Gasteiger partial charge is 0.146 e. The summed E-state index contributed by atoms with van der Waals surface area (Å²) in [7, 11) is 4.05. The quantitative estimate of drug-likeness (QED) is 0.824. The Balaban J connectivity index is 3.06. The Bertz CT molecular complexity index is 391. The van der Waals surface area contributed by atoms with Gasteiger partial charge in [-0.1, -0.05) is 19.1 Å². The van der Waals surface area contributed by atoms with Crippen molar-refractivity contribution in [1.29, 1.82) is 0 Å². The highest BCUT2D eigenvalue weighted by Gasteiger charge is 2.17. The van der Waals surface area contributed by atoms with E-state index in [1.54, 1.807) is 6.07 Å². The van der Waals surface area contributed by atoms with Crippen LogP contribution >= 0.6 is 0 Å². The number of hydrogen-bond donors (Lipinski definition) is 1. The van der Waals surface area contributed by atoms with Crippen LogP contribution in [0.3, 0.4) is 0 Å². The Morgan fingerprint density at radius 2 is 1.89 bits per heavy atom. The monoisotopic (exact) mass is 267 g/mol. The number of nitrogens with two attached hydrogens (primary N) is 1. The lowest BCUT2D eigenvalue weighted by Gasteiger charge is -2.29. The van der Waals surface area contributed by atoms with E-state index >= 15 is 0 Å². The van der Waals surface area contributed by atoms with Gasteiger partial charge in [0.25, 0.3) is 0 Å². The van der Waals surface area contributed by atoms with Gasteiger partial charge in [0.1, 0.15) is 5.82 Å². The van der Waals surface area contributed by atoms with Crippen LogP contribution < -0.4 is 10.6 Å². The molecule has 108 valence electrons. The Morgan fingerprint density at radius 3 is 2.42 bits per heavy atom. The molecule has 1 aromatic rings. The summed E-state index contributed by atoms with van der Waals surface area (Å²) in [5, 5.41) is 0. The fourth-order valence-corrected chi connectivity index (χ4v) is 2.16. The molecule has 0 heterocycles. The van der Waals surface area contributed by atoms with Crippen LogP contribution in [0.1, 0.15) is 31.9 Å². The highest BCUT2D eigenvalue weighted by atomic mass is 19.1. The molecule has 0 aliphatic heterocycles. The first kappa shape index (κ1) is 15.9. The van der Waals surface area contributed by atoms with Crippen molar-refractivity contribution >= 4 is 5.69 Å². The average Bonchev–Trinajstić information content (AvgIpc) is 2.34. The third-order valence-corrected chi connectivity index (χ3v) is 3.14. The van der Waals surface area contributed by atoms with Crippen molar-refractivity contribution in [3.05, 3.63) is 29.6 Å². The predicted molar refractivity (Wildman–Crippen MR) is 80.1 cm³/mol. The lowest BCUT2D eigenvalue weighted by Crippen LogP contribution is -2.34. The molecule has 4 heteroatoms. The molecule has 0 bridgehead atoms. The van der Waals surface area contributed by atoms with Gasteiger partial charge < -0.3 is 15.5 Å². The van der Waals surface area contributed by atoms with E-state index in [2.05, 4.69) is 16.7 Å². The van der Waals surface area contributed by atoms with E-state index in [1.165, 1.54) is 6.07 Å². The first-order valence-corrected chi connectivity index (χ1v) is 6.91. The van der Waals surface area contributed by atoms with Crippen LogP contribution in [0.25, 0.3) is 0 Å². The van der Waals surface area contributed by atoms with Gasteiger partial charge in [-0.2, -0.15) is 0 Å². The molecule has 1 aromatic carbocycles. The fraction of sp³-hybridized carbons (Fsp3) is 0.600. The van der Waals surface area contributed by atoms with Crippen LogP contribution in [-0.4, -0.2) is 38.6 Å². The Labute approximate surface area is 116 Å². The lowest BCUT2D eigenvalue weighted by molar-refractivity contribution is 0.411. The maximum absolute atomic E-state index is 14.2. The van der Waals surface area contributed by atoms with Crippen LogP contribution in [0.4, 0.5) is 10.1 Å². The molecular weight excluding hydrogens is 241 g/mol. The second-order valence-corrected chi connectivity index (χ2v) is 5.26. The van der Waals surface area contributed by atoms with Crippen LogP contribution in [0, 0.1) is 5.82 Å². The van der Waals surface area contributed by atoms with Gasteiger partial charge in [0, 0.05) is 25.7 Å². The van der Waals surface area contributed by atoms with E-state index in [0.717, 1.165) is 31.6 Å². The lowest BCUT2D eigenvalue weighted by atomic mass is 10.0. The molecule has 0 spiro atoms. The number of likely N-dealkylation sites (N-methyl/N-ethyl adjacent to an activating group) is 1. The first-order chi connectivity index (χ1) is 8.97. The van der Waals surface area contributed by atoms with E-state index in [4.69, 9.17) is 5.73 Å². The van der Waals surface area contributed by atoms with Crippen molar-refractivity contribution < 1.29 is 4.39 Å². The van der Waals surface area contributed by atoms with Gasteiger partial charge in [-0.15, -0.1) is 0 Å². The Morgan fingerprint density at radius 1 is 1.21 bits per heavy atom. The van der Waals surface area contributed by atoms with Crippen molar-refractivity contribution in [2.75, 3.05) is 38.6 Å². The molecule has 1 atom stereocenters. The molecule has 0 unspecified atom stereocenters. The summed E-state index contributed by atoms with van der Waals surface area (Å²) in [5.41, 5.74) is 7.52. The van der Waals surface area contributed by atoms with Gasteiger partial charge >= 0.3 is 0 Å². The largest absolute Gasteiger partial charge is 0.368 e. The number of anilines is 1. The number of para-hydroxylation sites is 1. The van der Waals surface area contributed by atoms with E-state index in [9.17, 15) is 4.39 Å². The molecular formula is C15H26FN3. The van der Waals surface area contributed by atoms with Gasteiger partial charge in [0.15, 0.2) is 0 Å². The van der Waals surface area contributed by atoms with Crippen LogP contribution in [0.2, 0.25) is 0 Å². The minimum absolute atomic E-state index is 0.163. The van der Waals surface area contributed by atoms with Crippen LogP contribution in [-0.2, 0) is 0 Å². The third-order valence-electron chi connectivity index (χ3n) is 3.14. The minimum Gasteiger partial charge on any atom is -0.368 e. The van der Waals surface area contributed by atoms with E-state index < -0.39 is 0 Å². The summed E-state index contributed by atoms with van der Waals surface area (Å²) in [4.78, 5) is 4.21. The van der Waals surface area contributed by atoms with Crippen LogP contribution in [0.5, 0.6) is 0 Å². The Hall–Kier alpha value is -1.13. The van der Waals surface area contributed by atoms with Crippen molar-refractivity contribution in [2.24, 2.45) is 5.73 Å². The van der Waals surface area contributed by atoms with Crippen molar-refractivity contribution in [2.45, 2.75) is 26.3 Å². The van der Waals surface area contributed by atoms with Gasteiger partial charge in [0.05, 0.1) is 5.69 Å². The number of hydrogen-bond acceptors (Lipinski definition) is 3. The molecule has 2 N–H and O–H groups in total. The maximum atomic E-state index is 14.2. The van der Waals surface area contributed by atoms with Crippen molar-refractivity contribution in [3.63, 3.8) is 0 Å². The molecule has 0 saturated carbocycles. The number of nitrogens with zero attached hydrogens (tertiary/aromatic N) is 2. The van der Waals surface area contributed by atoms with E-state index in [0.29, 0.717) is 5.69 Å². The molecule has 0 amide bonds. The van der Waals surface area contributed by atoms with Crippen molar-refractivity contribution in [1.82, 2.24) is 4.90 Å². The maximum Gasteiger partial charge on any atom is 0.146 e. The number of halogens is 1. The zero-order chi connectivity index (χ0) is 14.4. The summed E-state index contributed by atoms with van der Waals surface area (Å²) in [6.07, 6.45) is 0.986. The summed E-state index contributed by atoms with van der Waals surface area (Å²) >= 11 is 0. The molecule has 1 rings (SSSR count). The average molecular weight is 267 g/mol. The molecule has 0 aliphatic rings. The van der Waals surface area contributed by atoms with Crippen molar-refractivity contribution in [3.8, 4) is 0 Å². The summed E-state index contributed by atoms with van der Waals surface area (Å²) in [6, 6.07) is 5.00. The fourth-order valence-electron chi connectivity index (χ4n) is 2.16. The number of benzene rings is 1. The molecule has 19 heavy (non-hydrogen) atoms. The predicted octanol–water partition coefficient (Wildman–Crippen LogP) is 2.62. The first-order valence-electron chi connectivity index (χ1n) is 6.91. The molecule has 0 radical (unpaired) electrons. The topological polar surface area (TPSA) is 32.5 Å². The second kappa shape index (κ2) is 7.46. The third kappa shape index (κ3) is 4.48. The van der Waals surface area contributed by atoms with Gasteiger partial charge in [-0.3, -0.25) is 0 Å².